The molecular weight excluding hydrogens is 308 g/mol. The Balaban J connectivity index is 2.33. The van der Waals surface area contributed by atoms with Gasteiger partial charge in [-0.15, -0.1) is 11.8 Å². The monoisotopic (exact) mass is 328 g/mol. The molecular formula is C14H20N2O3S2. The highest BCUT2D eigenvalue weighted by Crippen LogP contribution is 2.26. The molecule has 0 saturated carbocycles. The highest BCUT2D eigenvalue weighted by Gasteiger charge is 2.37. The normalized spacial score (nSPS) is 20.2. The number of nitrogens with one attached hydrogen (secondary N) is 1. The van der Waals surface area contributed by atoms with Crippen LogP contribution in [0.1, 0.15) is 19.3 Å². The third kappa shape index (κ3) is 3.41. The zero-order valence-corrected chi connectivity index (χ0v) is 13.8. The smallest absolute Gasteiger partial charge is 0.243 e. The van der Waals surface area contributed by atoms with Gasteiger partial charge in [-0.05, 0) is 43.4 Å². The maximum absolute atomic E-state index is 12.8. The molecule has 1 saturated heterocycles. The minimum atomic E-state index is -3.63. The summed E-state index contributed by atoms with van der Waals surface area (Å²) in [7, 11) is -2.09. The highest BCUT2D eigenvalue weighted by molar-refractivity contribution is 7.98. The van der Waals surface area contributed by atoms with Crippen LogP contribution in [0.4, 0.5) is 0 Å². The predicted octanol–water partition coefficient (Wildman–Crippen LogP) is 1.70. The fourth-order valence-corrected chi connectivity index (χ4v) is 4.57. The predicted molar refractivity (Wildman–Crippen MR) is 83.8 cm³/mol. The lowest BCUT2D eigenvalue weighted by atomic mass is 10.0. The zero-order chi connectivity index (χ0) is 15.5. The molecule has 1 aromatic rings. The molecule has 5 nitrogen and oxygen atoms in total. The third-order valence-corrected chi connectivity index (χ3v) is 6.33. The van der Waals surface area contributed by atoms with Gasteiger partial charge >= 0.3 is 0 Å². The van der Waals surface area contributed by atoms with Gasteiger partial charge in [-0.1, -0.05) is 6.42 Å². The van der Waals surface area contributed by atoms with Crippen LogP contribution in [-0.4, -0.2) is 44.5 Å². The minimum Gasteiger partial charge on any atom is -0.358 e. The number of nitrogens with zero attached hydrogens (tertiary/aromatic N) is 1. The molecule has 0 aromatic heterocycles. The second-order valence-electron chi connectivity index (χ2n) is 4.92. The average molecular weight is 328 g/mol. The second-order valence-corrected chi connectivity index (χ2v) is 7.69. The third-order valence-electron chi connectivity index (χ3n) is 3.67. The first kappa shape index (κ1) is 16.3. The van der Waals surface area contributed by atoms with Crippen LogP contribution in [-0.2, 0) is 14.8 Å². The summed E-state index contributed by atoms with van der Waals surface area (Å²) >= 11 is 1.56. The molecule has 0 unspecified atom stereocenters. The van der Waals surface area contributed by atoms with Crippen molar-refractivity contribution in [2.75, 3.05) is 19.8 Å². The molecule has 1 aliphatic rings. The summed E-state index contributed by atoms with van der Waals surface area (Å²) in [6, 6.07) is 6.19. The molecule has 21 heavy (non-hydrogen) atoms. The Kier molecular flexibility index (Phi) is 5.29. The molecule has 0 radical (unpaired) electrons. The molecule has 2 rings (SSSR count). The van der Waals surface area contributed by atoms with Gasteiger partial charge in [0.2, 0.25) is 15.9 Å². The number of hydrogen-bond acceptors (Lipinski definition) is 4. The van der Waals surface area contributed by atoms with Crippen LogP contribution in [0.3, 0.4) is 0 Å². The number of likely N-dealkylation sites (N-methyl/N-ethyl adjacent to an activating group) is 1. The molecule has 1 N–H and O–H groups in total. The topological polar surface area (TPSA) is 66.5 Å². The molecule has 7 heteroatoms. The van der Waals surface area contributed by atoms with E-state index in [9.17, 15) is 13.2 Å². The van der Waals surface area contributed by atoms with E-state index >= 15 is 0 Å². The molecule has 1 aromatic carbocycles. The number of carbonyl (C=O) groups excluding carboxylic acids is 1. The molecule has 116 valence electrons. The molecule has 1 fully saturated rings. The van der Waals surface area contributed by atoms with E-state index in [0.29, 0.717) is 13.0 Å². The maximum Gasteiger partial charge on any atom is 0.243 e. The number of piperidine rings is 1. The van der Waals surface area contributed by atoms with Crippen molar-refractivity contribution in [1.29, 1.82) is 0 Å². The Hall–Kier alpha value is -1.05. The van der Waals surface area contributed by atoms with E-state index in [1.165, 1.54) is 11.4 Å². The Labute approximate surface area is 130 Å². The first-order valence-electron chi connectivity index (χ1n) is 6.88. The highest BCUT2D eigenvalue weighted by atomic mass is 32.2. The second kappa shape index (κ2) is 6.81. The van der Waals surface area contributed by atoms with Crippen molar-refractivity contribution < 1.29 is 13.2 Å². The van der Waals surface area contributed by atoms with E-state index in [1.807, 2.05) is 6.26 Å². The van der Waals surface area contributed by atoms with Crippen LogP contribution in [0.15, 0.2) is 34.1 Å². The van der Waals surface area contributed by atoms with Gasteiger partial charge in [-0.2, -0.15) is 4.31 Å². The Morgan fingerprint density at radius 2 is 1.95 bits per heavy atom. The van der Waals surface area contributed by atoms with Crippen LogP contribution in [0.25, 0.3) is 0 Å². The lowest BCUT2D eigenvalue weighted by Gasteiger charge is -2.33. The van der Waals surface area contributed by atoms with E-state index in [2.05, 4.69) is 5.32 Å². The fraction of sp³-hybridized carbons (Fsp3) is 0.500. The average Bonchev–Trinajstić information content (AvgIpc) is 2.54. The first-order chi connectivity index (χ1) is 10.0. The van der Waals surface area contributed by atoms with Crippen LogP contribution in [0.2, 0.25) is 0 Å². The standard InChI is InChI=1S/C14H20N2O3S2/c1-15-14(17)13-5-3-4-10-16(13)21(18,19)12-8-6-11(20-2)7-9-12/h6-9,13H,3-5,10H2,1-2H3,(H,15,17)/t13-/m0/s1. The van der Waals surface area contributed by atoms with Crippen LogP contribution in [0.5, 0.6) is 0 Å². The Morgan fingerprint density at radius 3 is 2.52 bits per heavy atom. The van der Waals surface area contributed by atoms with Gasteiger partial charge in [0, 0.05) is 18.5 Å². The molecule has 0 bridgehead atoms. The van der Waals surface area contributed by atoms with Crippen molar-refractivity contribution in [3.05, 3.63) is 24.3 Å². The Bertz CT molecular complexity index is 599. The summed E-state index contributed by atoms with van der Waals surface area (Å²) in [4.78, 5) is 13.2. The quantitative estimate of drug-likeness (QED) is 0.854. The van der Waals surface area contributed by atoms with Crippen molar-refractivity contribution in [2.24, 2.45) is 0 Å². The van der Waals surface area contributed by atoms with Gasteiger partial charge in [0.05, 0.1) is 4.90 Å². The van der Waals surface area contributed by atoms with Gasteiger partial charge in [-0.25, -0.2) is 8.42 Å². The lowest BCUT2D eigenvalue weighted by molar-refractivity contribution is -0.125. The van der Waals surface area contributed by atoms with E-state index < -0.39 is 16.1 Å². The van der Waals surface area contributed by atoms with Crippen molar-refractivity contribution in [1.82, 2.24) is 9.62 Å². The molecule has 0 spiro atoms. The van der Waals surface area contributed by atoms with Crippen LogP contribution < -0.4 is 5.32 Å². The van der Waals surface area contributed by atoms with Gasteiger partial charge in [0.25, 0.3) is 0 Å². The summed E-state index contributed by atoms with van der Waals surface area (Å²) in [5, 5.41) is 2.56. The largest absolute Gasteiger partial charge is 0.358 e. The van der Waals surface area contributed by atoms with Gasteiger partial charge in [-0.3, -0.25) is 4.79 Å². The first-order valence-corrected chi connectivity index (χ1v) is 9.54. The number of benzene rings is 1. The number of rotatable bonds is 4. The Morgan fingerprint density at radius 1 is 1.29 bits per heavy atom. The maximum atomic E-state index is 12.8. The lowest BCUT2D eigenvalue weighted by Crippen LogP contribution is -2.51. The van der Waals surface area contributed by atoms with E-state index in [-0.39, 0.29) is 10.8 Å². The van der Waals surface area contributed by atoms with Gasteiger partial charge < -0.3 is 5.32 Å². The summed E-state index contributed by atoms with van der Waals surface area (Å²) in [5.41, 5.74) is 0. The van der Waals surface area contributed by atoms with Gasteiger partial charge in [0.1, 0.15) is 6.04 Å². The summed E-state index contributed by atoms with van der Waals surface area (Å²) in [6.07, 6.45) is 4.17. The van der Waals surface area contributed by atoms with Crippen molar-refractivity contribution in [3.8, 4) is 0 Å². The zero-order valence-electron chi connectivity index (χ0n) is 12.2. The van der Waals surface area contributed by atoms with E-state index in [0.717, 1.165) is 17.7 Å². The number of amides is 1. The number of hydrogen-bond donors (Lipinski definition) is 1. The van der Waals surface area contributed by atoms with E-state index in [4.69, 9.17) is 0 Å². The summed E-state index contributed by atoms with van der Waals surface area (Å²) < 4.78 is 26.9. The molecule has 1 heterocycles. The number of thioether (sulfide) groups is 1. The van der Waals surface area contributed by atoms with Crippen LogP contribution >= 0.6 is 11.8 Å². The van der Waals surface area contributed by atoms with Crippen molar-refractivity contribution in [2.45, 2.75) is 35.1 Å². The summed E-state index contributed by atoms with van der Waals surface area (Å²) in [6.45, 7) is 0.394. The fourth-order valence-electron chi connectivity index (χ4n) is 2.50. The molecule has 1 aliphatic heterocycles. The van der Waals surface area contributed by atoms with Crippen molar-refractivity contribution >= 4 is 27.7 Å². The number of sulfonamides is 1. The molecule has 1 atom stereocenters. The van der Waals surface area contributed by atoms with Crippen LogP contribution in [0, 0.1) is 0 Å². The minimum absolute atomic E-state index is 0.237. The molecule has 0 aliphatic carbocycles. The SMILES string of the molecule is CNC(=O)[C@@H]1CCCCN1S(=O)(=O)c1ccc(SC)cc1. The molecule has 1 amide bonds. The summed E-state index contributed by atoms with van der Waals surface area (Å²) in [5.74, 6) is -0.237. The van der Waals surface area contributed by atoms with E-state index in [1.54, 1.807) is 36.0 Å². The number of carbonyl (C=O) groups is 1. The van der Waals surface area contributed by atoms with Gasteiger partial charge in [0.15, 0.2) is 0 Å². The van der Waals surface area contributed by atoms with Crippen molar-refractivity contribution in [3.63, 3.8) is 0 Å².